The third kappa shape index (κ3) is 2.40. The number of nitrogens with zero attached hydrogens (tertiary/aromatic N) is 5. The second-order valence-corrected chi connectivity index (χ2v) is 7.72. The van der Waals surface area contributed by atoms with Crippen LogP contribution in [0, 0.1) is 13.8 Å². The van der Waals surface area contributed by atoms with Crippen molar-refractivity contribution in [2.45, 2.75) is 25.8 Å². The number of fused-ring (bicyclic) bond motifs is 4. The van der Waals surface area contributed by atoms with Crippen molar-refractivity contribution in [2.24, 2.45) is 0 Å². The molecule has 1 atom stereocenters. The smallest absolute Gasteiger partial charge is 0.259 e. The van der Waals surface area contributed by atoms with Gasteiger partial charge in [0.15, 0.2) is 5.82 Å². The molecule has 29 heavy (non-hydrogen) atoms. The van der Waals surface area contributed by atoms with E-state index in [2.05, 4.69) is 38.3 Å². The average molecular weight is 389 g/mol. The molecule has 0 radical (unpaired) electrons. The molecule has 1 spiro atoms. The summed E-state index contributed by atoms with van der Waals surface area (Å²) in [5.41, 5.74) is 3.09. The van der Waals surface area contributed by atoms with Crippen LogP contribution in [0.5, 0.6) is 0 Å². The van der Waals surface area contributed by atoms with Gasteiger partial charge in [-0.1, -0.05) is 11.2 Å². The summed E-state index contributed by atoms with van der Waals surface area (Å²) in [5.74, 6) is 1.46. The zero-order chi connectivity index (χ0) is 20.2. The molecule has 7 nitrogen and oxygen atoms in total. The predicted octanol–water partition coefficient (Wildman–Crippen LogP) is 3.22. The van der Waals surface area contributed by atoms with E-state index in [1.807, 2.05) is 42.4 Å². The lowest BCUT2D eigenvalue weighted by Crippen LogP contribution is -2.52. The summed E-state index contributed by atoms with van der Waals surface area (Å²) < 4.78 is 7.38. The van der Waals surface area contributed by atoms with Crippen LogP contribution >= 0.6 is 0 Å². The third-order valence-corrected chi connectivity index (χ3v) is 6.12. The number of rotatable bonds is 3. The van der Waals surface area contributed by atoms with Crippen molar-refractivity contribution >= 4 is 11.6 Å². The molecule has 0 bridgehead atoms. The van der Waals surface area contributed by atoms with E-state index in [-0.39, 0.29) is 11.4 Å². The van der Waals surface area contributed by atoms with Crippen LogP contribution in [0.2, 0.25) is 0 Å². The zero-order valence-corrected chi connectivity index (χ0v) is 16.6. The van der Waals surface area contributed by atoms with Crippen molar-refractivity contribution in [3.8, 4) is 5.82 Å². The Morgan fingerprint density at radius 3 is 2.97 bits per heavy atom. The molecule has 0 N–H and O–H groups in total. The molecule has 5 heterocycles. The molecular weight excluding hydrogens is 366 g/mol. The molecule has 1 fully saturated rings. The van der Waals surface area contributed by atoms with Crippen molar-refractivity contribution in [1.82, 2.24) is 19.6 Å². The van der Waals surface area contributed by atoms with Crippen molar-refractivity contribution in [3.05, 3.63) is 72.0 Å². The summed E-state index contributed by atoms with van der Waals surface area (Å²) in [6.45, 7) is 9.50. The Balaban J connectivity index is 1.60. The third-order valence-electron chi connectivity index (χ3n) is 6.12. The first kappa shape index (κ1) is 17.7. The fourth-order valence-electron chi connectivity index (χ4n) is 4.84. The van der Waals surface area contributed by atoms with E-state index >= 15 is 0 Å². The van der Waals surface area contributed by atoms with Gasteiger partial charge in [-0.3, -0.25) is 4.79 Å². The van der Waals surface area contributed by atoms with Crippen molar-refractivity contribution in [1.29, 1.82) is 0 Å². The molecule has 0 aromatic carbocycles. The molecule has 3 aromatic rings. The maximum absolute atomic E-state index is 13.3. The molecule has 1 saturated heterocycles. The molecule has 2 aliphatic rings. The minimum absolute atomic E-state index is 0.0215. The Labute approximate surface area is 169 Å². The number of hydrogen-bond acceptors (Lipinski definition) is 5. The monoisotopic (exact) mass is 389 g/mol. The second kappa shape index (κ2) is 6.34. The van der Waals surface area contributed by atoms with E-state index in [1.54, 1.807) is 6.92 Å². The van der Waals surface area contributed by atoms with E-state index in [9.17, 15) is 4.79 Å². The predicted molar refractivity (Wildman–Crippen MR) is 109 cm³/mol. The van der Waals surface area contributed by atoms with Gasteiger partial charge in [0.2, 0.25) is 0 Å². The summed E-state index contributed by atoms with van der Waals surface area (Å²) in [6.07, 6.45) is 6.60. The minimum Gasteiger partial charge on any atom is -0.361 e. The van der Waals surface area contributed by atoms with Gasteiger partial charge in [-0.2, -0.15) is 0 Å². The van der Waals surface area contributed by atoms with Crippen molar-refractivity contribution in [3.63, 3.8) is 0 Å². The molecule has 0 saturated carbocycles. The Morgan fingerprint density at radius 2 is 2.21 bits per heavy atom. The zero-order valence-electron chi connectivity index (χ0n) is 16.6. The number of likely N-dealkylation sites (tertiary alicyclic amines) is 1. The van der Waals surface area contributed by atoms with E-state index in [0.29, 0.717) is 36.7 Å². The van der Waals surface area contributed by atoms with Crippen LogP contribution in [-0.4, -0.2) is 45.1 Å². The normalized spacial score (nSPS) is 20.1. The van der Waals surface area contributed by atoms with Crippen LogP contribution in [0.1, 0.15) is 33.9 Å². The summed E-state index contributed by atoms with van der Waals surface area (Å²) in [6, 6.07) is 8.23. The van der Waals surface area contributed by atoms with Gasteiger partial charge in [-0.25, -0.2) is 4.98 Å². The highest BCUT2D eigenvalue weighted by Gasteiger charge is 2.50. The number of amides is 1. The van der Waals surface area contributed by atoms with Crippen LogP contribution < -0.4 is 4.90 Å². The topological polar surface area (TPSA) is 67.4 Å². The quantitative estimate of drug-likeness (QED) is 0.644. The van der Waals surface area contributed by atoms with Gasteiger partial charge < -0.3 is 18.9 Å². The standard InChI is InChI=1S/C22H23N5O2/c1-4-11-27-17-7-5-10-23-20(17)26-12-6-8-18(26)22(27)9-13-25(14-22)21(28)19-15(2)24-29-16(19)3/h4-8,10,12H,1,9,11,13-14H2,2-3H3/t22-/m0/s1. The van der Waals surface area contributed by atoms with Gasteiger partial charge in [0.25, 0.3) is 5.91 Å². The molecule has 3 aromatic heterocycles. The first-order chi connectivity index (χ1) is 14.1. The number of anilines is 1. The Kier molecular flexibility index (Phi) is 3.87. The van der Waals surface area contributed by atoms with Crippen LogP contribution in [0.25, 0.3) is 5.82 Å². The van der Waals surface area contributed by atoms with E-state index < -0.39 is 0 Å². The van der Waals surface area contributed by atoms with Gasteiger partial charge in [-0.15, -0.1) is 6.58 Å². The van der Waals surface area contributed by atoms with Gasteiger partial charge in [-0.05, 0) is 44.5 Å². The molecule has 5 rings (SSSR count). The average Bonchev–Trinajstić information content (AvgIpc) is 3.45. The summed E-state index contributed by atoms with van der Waals surface area (Å²) in [4.78, 5) is 22.2. The number of hydrogen-bond donors (Lipinski definition) is 0. The molecular formula is C22H23N5O2. The van der Waals surface area contributed by atoms with Crippen LogP contribution in [0.15, 0.2) is 53.8 Å². The summed E-state index contributed by atoms with van der Waals surface area (Å²) in [7, 11) is 0. The number of aryl methyl sites for hydroxylation is 2. The van der Waals surface area contributed by atoms with Crippen molar-refractivity contribution < 1.29 is 9.32 Å². The molecule has 2 aliphatic heterocycles. The maximum Gasteiger partial charge on any atom is 0.259 e. The molecule has 1 amide bonds. The number of carbonyl (C=O) groups excluding carboxylic acids is 1. The molecule has 148 valence electrons. The lowest BCUT2D eigenvalue weighted by Gasteiger charge is -2.46. The lowest BCUT2D eigenvalue weighted by molar-refractivity contribution is 0.0780. The SMILES string of the molecule is C=CCN1c2cccnc2-n2cccc2[C@@]12CCN(C(=O)c1c(C)noc1C)C2. The summed E-state index contributed by atoms with van der Waals surface area (Å²) >= 11 is 0. The van der Waals surface area contributed by atoms with Gasteiger partial charge in [0.1, 0.15) is 16.9 Å². The highest BCUT2D eigenvalue weighted by Crippen LogP contribution is 2.47. The van der Waals surface area contributed by atoms with Gasteiger partial charge in [0.05, 0.1) is 17.1 Å². The highest BCUT2D eigenvalue weighted by atomic mass is 16.5. The Morgan fingerprint density at radius 1 is 1.34 bits per heavy atom. The lowest BCUT2D eigenvalue weighted by atomic mass is 9.89. The first-order valence-electron chi connectivity index (χ1n) is 9.81. The Hall–Kier alpha value is -3.35. The number of aromatic nitrogens is 3. The largest absolute Gasteiger partial charge is 0.361 e. The van der Waals surface area contributed by atoms with Gasteiger partial charge >= 0.3 is 0 Å². The highest BCUT2D eigenvalue weighted by molar-refractivity contribution is 5.96. The minimum atomic E-state index is -0.331. The fourth-order valence-corrected chi connectivity index (χ4v) is 4.84. The number of carbonyl (C=O) groups is 1. The van der Waals surface area contributed by atoms with E-state index in [1.165, 1.54) is 0 Å². The number of pyridine rings is 1. The molecule has 0 unspecified atom stereocenters. The van der Waals surface area contributed by atoms with E-state index in [0.717, 1.165) is 23.6 Å². The van der Waals surface area contributed by atoms with E-state index in [4.69, 9.17) is 4.52 Å². The molecule has 7 heteroatoms. The van der Waals surface area contributed by atoms with Gasteiger partial charge in [0, 0.05) is 32.0 Å². The maximum atomic E-state index is 13.3. The summed E-state index contributed by atoms with van der Waals surface area (Å²) in [5, 5.41) is 3.96. The second-order valence-electron chi connectivity index (χ2n) is 7.72. The Bertz CT molecular complexity index is 1090. The fraction of sp³-hybridized carbons (Fsp3) is 0.318. The van der Waals surface area contributed by atoms with Crippen LogP contribution in [0.4, 0.5) is 5.69 Å². The first-order valence-corrected chi connectivity index (χ1v) is 9.81. The van der Waals surface area contributed by atoms with Crippen molar-refractivity contribution in [2.75, 3.05) is 24.5 Å². The van der Waals surface area contributed by atoms with Crippen LogP contribution in [0.3, 0.4) is 0 Å². The molecule has 0 aliphatic carbocycles. The van der Waals surface area contributed by atoms with Crippen LogP contribution in [-0.2, 0) is 5.54 Å².